The number of methoxy groups -OCH3 is 1. The van der Waals surface area contributed by atoms with E-state index >= 15 is 0 Å². The molecule has 4 nitrogen and oxygen atoms in total. The minimum atomic E-state index is -0.445. The fraction of sp³-hybridized carbons (Fsp3) is 0.133. The van der Waals surface area contributed by atoms with E-state index in [0.717, 1.165) is 5.56 Å². The fourth-order valence-corrected chi connectivity index (χ4v) is 1.84. The van der Waals surface area contributed by atoms with Gasteiger partial charge in [-0.15, -0.1) is 0 Å². The van der Waals surface area contributed by atoms with Gasteiger partial charge in [-0.1, -0.05) is 6.07 Å². The van der Waals surface area contributed by atoms with Crippen molar-refractivity contribution in [3.63, 3.8) is 0 Å². The molecule has 0 atom stereocenters. The van der Waals surface area contributed by atoms with Crippen molar-refractivity contribution in [1.29, 1.82) is 0 Å². The average Bonchev–Trinajstić information content (AvgIpc) is 2.45. The molecule has 20 heavy (non-hydrogen) atoms. The minimum Gasteiger partial charge on any atom is -0.496 e. The Labute approximate surface area is 116 Å². The molecule has 0 aliphatic rings. The summed E-state index contributed by atoms with van der Waals surface area (Å²) in [6, 6.07) is 10.7. The van der Waals surface area contributed by atoms with Crippen LogP contribution in [0.15, 0.2) is 42.5 Å². The van der Waals surface area contributed by atoms with Gasteiger partial charge in [-0.25, -0.2) is 4.39 Å². The van der Waals surface area contributed by atoms with Gasteiger partial charge in [0.1, 0.15) is 11.6 Å². The lowest BCUT2D eigenvalue weighted by Crippen LogP contribution is -2.23. The van der Waals surface area contributed by atoms with Crippen LogP contribution in [0.5, 0.6) is 5.75 Å². The van der Waals surface area contributed by atoms with Gasteiger partial charge in [0.15, 0.2) is 0 Å². The molecule has 0 aromatic heterocycles. The van der Waals surface area contributed by atoms with Crippen LogP contribution >= 0.6 is 0 Å². The van der Waals surface area contributed by atoms with Gasteiger partial charge in [-0.3, -0.25) is 4.79 Å². The molecule has 0 saturated carbocycles. The van der Waals surface area contributed by atoms with Crippen LogP contribution in [-0.2, 0) is 6.54 Å². The maximum absolute atomic E-state index is 13.0. The van der Waals surface area contributed by atoms with Crippen LogP contribution in [0.3, 0.4) is 0 Å². The highest BCUT2D eigenvalue weighted by Crippen LogP contribution is 2.20. The van der Waals surface area contributed by atoms with Gasteiger partial charge in [0.25, 0.3) is 5.91 Å². The second-order valence-corrected chi connectivity index (χ2v) is 4.26. The zero-order chi connectivity index (χ0) is 14.5. The van der Waals surface area contributed by atoms with Crippen molar-refractivity contribution in [2.75, 3.05) is 12.8 Å². The van der Waals surface area contributed by atoms with Crippen LogP contribution in [0.1, 0.15) is 15.9 Å². The van der Waals surface area contributed by atoms with Crippen molar-refractivity contribution < 1.29 is 13.9 Å². The zero-order valence-electron chi connectivity index (χ0n) is 11.0. The van der Waals surface area contributed by atoms with Crippen LogP contribution < -0.4 is 15.8 Å². The first kappa shape index (κ1) is 13.9. The van der Waals surface area contributed by atoms with Gasteiger partial charge in [-0.05, 0) is 36.4 Å². The number of rotatable bonds is 4. The van der Waals surface area contributed by atoms with Gasteiger partial charge in [0.05, 0.1) is 7.11 Å². The van der Waals surface area contributed by atoms with Gasteiger partial charge < -0.3 is 15.8 Å². The predicted molar refractivity (Wildman–Crippen MR) is 75.0 cm³/mol. The molecule has 0 heterocycles. The highest BCUT2D eigenvalue weighted by Gasteiger charge is 2.08. The summed E-state index contributed by atoms with van der Waals surface area (Å²) >= 11 is 0. The normalized spacial score (nSPS) is 10.1. The van der Waals surface area contributed by atoms with E-state index in [2.05, 4.69) is 5.32 Å². The first-order valence-electron chi connectivity index (χ1n) is 6.06. The van der Waals surface area contributed by atoms with Gasteiger partial charge in [0.2, 0.25) is 0 Å². The molecule has 1 amide bonds. The minimum absolute atomic E-state index is 0.254. The topological polar surface area (TPSA) is 64.3 Å². The molecular weight excluding hydrogens is 259 g/mol. The van der Waals surface area contributed by atoms with Crippen LogP contribution in [0.25, 0.3) is 0 Å². The number of ether oxygens (including phenoxy) is 1. The number of carbonyl (C=O) groups excluding carboxylic acids is 1. The van der Waals surface area contributed by atoms with E-state index in [4.69, 9.17) is 10.5 Å². The standard InChI is InChI=1S/C15H15FN2O2/c1-20-14-6-5-13(17)8-11(14)9-18-15(19)10-3-2-4-12(16)7-10/h2-8H,9,17H2,1H3,(H,18,19). The summed E-state index contributed by atoms with van der Waals surface area (Å²) in [5, 5.41) is 2.70. The number of hydrogen-bond acceptors (Lipinski definition) is 3. The highest BCUT2D eigenvalue weighted by atomic mass is 19.1. The Bertz CT molecular complexity index is 629. The fourth-order valence-electron chi connectivity index (χ4n) is 1.84. The molecule has 0 unspecified atom stereocenters. The third-order valence-electron chi connectivity index (χ3n) is 2.83. The van der Waals surface area contributed by atoms with Crippen molar-refractivity contribution in [3.05, 3.63) is 59.4 Å². The number of carbonyl (C=O) groups is 1. The smallest absolute Gasteiger partial charge is 0.251 e. The highest BCUT2D eigenvalue weighted by molar-refractivity contribution is 5.94. The van der Waals surface area contributed by atoms with E-state index in [1.54, 1.807) is 31.4 Å². The molecule has 0 spiro atoms. The number of halogens is 1. The molecule has 0 bridgehead atoms. The number of anilines is 1. The number of hydrogen-bond donors (Lipinski definition) is 2. The van der Waals surface area contributed by atoms with E-state index < -0.39 is 5.82 Å². The SMILES string of the molecule is COc1ccc(N)cc1CNC(=O)c1cccc(F)c1. The molecule has 0 aliphatic heterocycles. The van der Waals surface area contributed by atoms with Crippen LogP contribution in [0.4, 0.5) is 10.1 Å². The number of amides is 1. The summed E-state index contributed by atoms with van der Waals surface area (Å²) in [4.78, 5) is 11.9. The summed E-state index contributed by atoms with van der Waals surface area (Å²) in [6.45, 7) is 0.254. The Hall–Kier alpha value is -2.56. The van der Waals surface area contributed by atoms with E-state index in [1.807, 2.05) is 0 Å². The second kappa shape index (κ2) is 6.06. The second-order valence-electron chi connectivity index (χ2n) is 4.26. The van der Waals surface area contributed by atoms with Gasteiger partial charge in [0, 0.05) is 23.4 Å². The molecule has 2 aromatic rings. The lowest BCUT2D eigenvalue weighted by atomic mass is 10.1. The number of benzene rings is 2. The summed E-state index contributed by atoms with van der Waals surface area (Å²) < 4.78 is 18.2. The molecule has 3 N–H and O–H groups in total. The van der Waals surface area contributed by atoms with Crippen LogP contribution in [-0.4, -0.2) is 13.0 Å². The van der Waals surface area contributed by atoms with Crippen molar-refractivity contribution in [2.24, 2.45) is 0 Å². The zero-order valence-corrected chi connectivity index (χ0v) is 11.0. The molecule has 0 radical (unpaired) electrons. The Morgan fingerprint density at radius 2 is 2.10 bits per heavy atom. The third kappa shape index (κ3) is 3.26. The first-order chi connectivity index (χ1) is 9.60. The number of nitrogens with one attached hydrogen (secondary N) is 1. The van der Waals surface area contributed by atoms with E-state index in [0.29, 0.717) is 11.4 Å². The summed E-state index contributed by atoms with van der Waals surface area (Å²) in [5.74, 6) is -0.160. The molecule has 0 saturated heterocycles. The van der Waals surface area contributed by atoms with E-state index in [-0.39, 0.29) is 18.0 Å². The quantitative estimate of drug-likeness (QED) is 0.841. The molecule has 5 heteroatoms. The monoisotopic (exact) mass is 274 g/mol. The number of nitrogens with two attached hydrogens (primary N) is 1. The summed E-state index contributed by atoms with van der Waals surface area (Å²) in [5.41, 5.74) is 7.32. The summed E-state index contributed by atoms with van der Waals surface area (Å²) in [7, 11) is 1.55. The molecule has 0 fully saturated rings. The molecule has 2 rings (SSSR count). The molecule has 0 aliphatic carbocycles. The summed E-state index contributed by atoms with van der Waals surface area (Å²) in [6.07, 6.45) is 0. The van der Waals surface area contributed by atoms with E-state index in [9.17, 15) is 9.18 Å². The average molecular weight is 274 g/mol. The van der Waals surface area contributed by atoms with E-state index in [1.165, 1.54) is 18.2 Å². The van der Waals surface area contributed by atoms with Crippen molar-refractivity contribution in [1.82, 2.24) is 5.32 Å². The molecule has 2 aromatic carbocycles. The van der Waals surface area contributed by atoms with Crippen molar-refractivity contribution in [2.45, 2.75) is 6.54 Å². The van der Waals surface area contributed by atoms with Gasteiger partial charge >= 0.3 is 0 Å². The van der Waals surface area contributed by atoms with Crippen molar-refractivity contribution >= 4 is 11.6 Å². The first-order valence-corrected chi connectivity index (χ1v) is 6.06. The maximum atomic E-state index is 13.0. The Kier molecular flexibility index (Phi) is 4.20. The van der Waals surface area contributed by atoms with Crippen molar-refractivity contribution in [3.8, 4) is 5.75 Å². The predicted octanol–water partition coefficient (Wildman–Crippen LogP) is 2.35. The number of nitrogen functional groups attached to an aromatic ring is 1. The van der Waals surface area contributed by atoms with Crippen LogP contribution in [0.2, 0.25) is 0 Å². The molecule has 104 valence electrons. The lowest BCUT2D eigenvalue weighted by molar-refractivity contribution is 0.0950. The Morgan fingerprint density at radius 1 is 1.30 bits per heavy atom. The van der Waals surface area contributed by atoms with Crippen LogP contribution in [0, 0.1) is 5.82 Å². The maximum Gasteiger partial charge on any atom is 0.251 e. The third-order valence-corrected chi connectivity index (χ3v) is 2.83. The lowest BCUT2D eigenvalue weighted by Gasteiger charge is -2.10. The van der Waals surface area contributed by atoms with Gasteiger partial charge in [-0.2, -0.15) is 0 Å². The molecular formula is C15H15FN2O2. The largest absolute Gasteiger partial charge is 0.496 e. The Morgan fingerprint density at radius 3 is 2.80 bits per heavy atom. The Balaban J connectivity index is 2.09.